The standard InChI is InChI=1S/C24H29ClFN3O2/c25-21-2-1-18(26)13-20(21)22-3-4-23(28-27-22)31-19-14-24(15-19)7-9-29(10-8-24)16-17-5-11-30-12-6-17/h1-4,13,17,19H,5-12,14-16H2. The number of halogens is 2. The maximum atomic E-state index is 13.5. The predicted molar refractivity (Wildman–Crippen MR) is 118 cm³/mol. The van der Waals surface area contributed by atoms with Gasteiger partial charge in [0.15, 0.2) is 0 Å². The van der Waals surface area contributed by atoms with E-state index in [1.165, 1.54) is 63.5 Å². The summed E-state index contributed by atoms with van der Waals surface area (Å²) in [6.45, 7) is 5.50. The van der Waals surface area contributed by atoms with Crippen LogP contribution in [0.1, 0.15) is 38.5 Å². The van der Waals surface area contributed by atoms with Gasteiger partial charge >= 0.3 is 0 Å². The van der Waals surface area contributed by atoms with E-state index in [9.17, 15) is 4.39 Å². The molecule has 31 heavy (non-hydrogen) atoms. The molecule has 5 nitrogen and oxygen atoms in total. The van der Waals surface area contributed by atoms with Crippen LogP contribution < -0.4 is 4.74 Å². The molecule has 1 aromatic heterocycles. The van der Waals surface area contributed by atoms with E-state index in [0.29, 0.717) is 27.6 Å². The molecular formula is C24H29ClFN3O2. The van der Waals surface area contributed by atoms with Crippen LogP contribution in [0.25, 0.3) is 11.3 Å². The molecule has 3 fully saturated rings. The zero-order chi connectivity index (χ0) is 21.3. The highest BCUT2D eigenvalue weighted by atomic mass is 35.5. The lowest BCUT2D eigenvalue weighted by Gasteiger charge is -2.52. The number of nitrogens with zero attached hydrogens (tertiary/aromatic N) is 3. The van der Waals surface area contributed by atoms with Crippen molar-refractivity contribution >= 4 is 11.6 Å². The number of benzene rings is 1. The van der Waals surface area contributed by atoms with Gasteiger partial charge in [-0.25, -0.2) is 4.39 Å². The number of ether oxygens (including phenoxy) is 2. The van der Waals surface area contributed by atoms with E-state index in [-0.39, 0.29) is 11.9 Å². The minimum Gasteiger partial charge on any atom is -0.473 e. The second kappa shape index (κ2) is 9.00. The first kappa shape index (κ1) is 21.1. The van der Waals surface area contributed by atoms with Gasteiger partial charge in [-0.2, -0.15) is 0 Å². The van der Waals surface area contributed by atoms with Gasteiger partial charge in [0.05, 0.1) is 10.7 Å². The summed E-state index contributed by atoms with van der Waals surface area (Å²) < 4.78 is 25.1. The molecule has 2 saturated heterocycles. The highest BCUT2D eigenvalue weighted by molar-refractivity contribution is 6.33. The Labute approximate surface area is 187 Å². The third kappa shape index (κ3) is 4.86. The lowest BCUT2D eigenvalue weighted by Crippen LogP contribution is -2.51. The fraction of sp³-hybridized carbons (Fsp3) is 0.583. The van der Waals surface area contributed by atoms with Gasteiger partial charge in [-0.15, -0.1) is 10.2 Å². The van der Waals surface area contributed by atoms with Crippen molar-refractivity contribution in [3.8, 4) is 17.1 Å². The highest BCUT2D eigenvalue weighted by Crippen LogP contribution is 2.50. The van der Waals surface area contributed by atoms with Gasteiger partial charge in [0.1, 0.15) is 11.9 Å². The first-order valence-electron chi connectivity index (χ1n) is 11.3. The molecule has 0 radical (unpaired) electrons. The molecule has 0 unspecified atom stereocenters. The fourth-order valence-corrected chi connectivity index (χ4v) is 5.51. The Morgan fingerprint density at radius 2 is 1.87 bits per heavy atom. The Bertz CT molecular complexity index is 888. The highest BCUT2D eigenvalue weighted by Gasteiger charge is 2.47. The number of likely N-dealkylation sites (tertiary alicyclic amines) is 1. The summed E-state index contributed by atoms with van der Waals surface area (Å²) >= 11 is 6.16. The first-order chi connectivity index (χ1) is 15.1. The SMILES string of the molecule is Fc1ccc(Cl)c(-c2ccc(OC3CC4(CCN(CC5CCOCC5)CC4)C3)nn2)c1. The van der Waals surface area contributed by atoms with Crippen LogP contribution in [-0.4, -0.2) is 54.0 Å². The molecule has 2 aromatic rings. The van der Waals surface area contributed by atoms with E-state index in [1.807, 2.05) is 0 Å². The lowest BCUT2D eigenvalue weighted by molar-refractivity contribution is -0.0610. The maximum absolute atomic E-state index is 13.5. The minimum absolute atomic E-state index is 0.208. The van der Waals surface area contributed by atoms with Crippen LogP contribution in [0.4, 0.5) is 4.39 Å². The van der Waals surface area contributed by atoms with Crippen LogP contribution in [0.3, 0.4) is 0 Å². The Kier molecular flexibility index (Phi) is 6.13. The fourth-order valence-electron chi connectivity index (χ4n) is 5.29. The summed E-state index contributed by atoms with van der Waals surface area (Å²) in [6.07, 6.45) is 7.34. The van der Waals surface area contributed by atoms with Gasteiger partial charge in [0.2, 0.25) is 5.88 Å². The Morgan fingerprint density at radius 1 is 1.10 bits per heavy atom. The van der Waals surface area contributed by atoms with Crippen LogP contribution >= 0.6 is 11.6 Å². The smallest absolute Gasteiger partial charge is 0.233 e. The second-order valence-electron chi connectivity index (χ2n) is 9.39. The molecule has 166 valence electrons. The number of rotatable bonds is 5. The van der Waals surface area contributed by atoms with Gasteiger partial charge < -0.3 is 14.4 Å². The Hall–Kier alpha value is -1.76. The van der Waals surface area contributed by atoms with E-state index in [0.717, 1.165) is 32.0 Å². The normalized spacial score (nSPS) is 22.4. The minimum atomic E-state index is -0.347. The summed E-state index contributed by atoms with van der Waals surface area (Å²) in [6, 6.07) is 7.81. The average molecular weight is 446 g/mol. The summed E-state index contributed by atoms with van der Waals surface area (Å²) in [7, 11) is 0. The number of hydrogen-bond donors (Lipinski definition) is 0. The topological polar surface area (TPSA) is 47.5 Å². The molecular weight excluding hydrogens is 417 g/mol. The molecule has 1 aromatic carbocycles. The molecule has 2 aliphatic heterocycles. The Balaban J connectivity index is 1.10. The monoisotopic (exact) mass is 445 g/mol. The lowest BCUT2D eigenvalue weighted by atomic mass is 9.61. The zero-order valence-electron chi connectivity index (χ0n) is 17.7. The van der Waals surface area contributed by atoms with Gasteiger partial charge in [-0.3, -0.25) is 0 Å². The number of hydrogen-bond acceptors (Lipinski definition) is 5. The van der Waals surface area contributed by atoms with Crippen molar-refractivity contribution in [2.75, 3.05) is 32.8 Å². The van der Waals surface area contributed by atoms with Crippen molar-refractivity contribution in [2.24, 2.45) is 11.3 Å². The molecule has 7 heteroatoms. The van der Waals surface area contributed by atoms with E-state index in [4.69, 9.17) is 21.1 Å². The molecule has 0 N–H and O–H groups in total. The maximum Gasteiger partial charge on any atom is 0.233 e. The van der Waals surface area contributed by atoms with Crippen LogP contribution in [0, 0.1) is 17.2 Å². The largest absolute Gasteiger partial charge is 0.473 e. The van der Waals surface area contributed by atoms with Gasteiger partial charge in [0, 0.05) is 31.4 Å². The van der Waals surface area contributed by atoms with Crippen LogP contribution in [-0.2, 0) is 4.74 Å². The first-order valence-corrected chi connectivity index (χ1v) is 11.7. The zero-order valence-corrected chi connectivity index (χ0v) is 18.5. The molecule has 1 saturated carbocycles. The van der Waals surface area contributed by atoms with Crippen LogP contribution in [0.15, 0.2) is 30.3 Å². The average Bonchev–Trinajstić information content (AvgIpc) is 2.77. The van der Waals surface area contributed by atoms with Crippen molar-refractivity contribution < 1.29 is 13.9 Å². The molecule has 1 spiro atoms. The summed E-state index contributed by atoms with van der Waals surface area (Å²) in [4.78, 5) is 2.65. The third-order valence-corrected chi connectivity index (χ3v) is 7.56. The van der Waals surface area contributed by atoms with Gasteiger partial charge in [-0.1, -0.05) is 11.6 Å². The molecule has 5 rings (SSSR count). The Morgan fingerprint density at radius 3 is 2.58 bits per heavy atom. The van der Waals surface area contributed by atoms with Crippen molar-refractivity contribution in [3.63, 3.8) is 0 Å². The van der Waals surface area contributed by atoms with Crippen molar-refractivity contribution in [1.82, 2.24) is 15.1 Å². The number of piperidine rings is 1. The van der Waals surface area contributed by atoms with Crippen molar-refractivity contribution in [3.05, 3.63) is 41.2 Å². The predicted octanol–water partition coefficient (Wildman–Crippen LogP) is 4.99. The summed E-state index contributed by atoms with van der Waals surface area (Å²) in [5, 5.41) is 8.83. The third-order valence-electron chi connectivity index (χ3n) is 7.23. The molecule has 3 heterocycles. The van der Waals surface area contributed by atoms with Crippen LogP contribution in [0.2, 0.25) is 5.02 Å². The molecule has 3 aliphatic rings. The van der Waals surface area contributed by atoms with E-state index in [2.05, 4.69) is 15.1 Å². The molecule has 0 bridgehead atoms. The number of aromatic nitrogens is 2. The van der Waals surface area contributed by atoms with Crippen molar-refractivity contribution in [1.29, 1.82) is 0 Å². The summed E-state index contributed by atoms with van der Waals surface area (Å²) in [5.41, 5.74) is 1.52. The van der Waals surface area contributed by atoms with E-state index < -0.39 is 0 Å². The van der Waals surface area contributed by atoms with E-state index >= 15 is 0 Å². The van der Waals surface area contributed by atoms with Crippen molar-refractivity contribution in [2.45, 2.75) is 44.6 Å². The molecule has 0 atom stereocenters. The summed E-state index contributed by atoms with van der Waals surface area (Å²) in [5.74, 6) is 0.984. The second-order valence-corrected chi connectivity index (χ2v) is 9.79. The van der Waals surface area contributed by atoms with Gasteiger partial charge in [0.25, 0.3) is 0 Å². The van der Waals surface area contributed by atoms with Gasteiger partial charge in [-0.05, 0) is 87.2 Å². The quantitative estimate of drug-likeness (QED) is 0.649. The molecule has 0 amide bonds. The van der Waals surface area contributed by atoms with Crippen LogP contribution in [0.5, 0.6) is 5.88 Å². The van der Waals surface area contributed by atoms with E-state index in [1.54, 1.807) is 12.1 Å². The molecule has 1 aliphatic carbocycles.